The van der Waals surface area contributed by atoms with E-state index in [1.165, 1.54) is 11.4 Å². The average molecular weight is 355 g/mol. The molecule has 7 nitrogen and oxygen atoms in total. The van der Waals surface area contributed by atoms with Gasteiger partial charge in [-0.15, -0.1) is 0 Å². The lowest BCUT2D eigenvalue weighted by Gasteiger charge is -2.31. The largest absolute Gasteiger partial charge is 0.497 e. The van der Waals surface area contributed by atoms with Crippen molar-refractivity contribution in [3.05, 3.63) is 23.8 Å². The number of carbonyl (C=O) groups is 1. The van der Waals surface area contributed by atoms with Crippen LogP contribution in [-0.2, 0) is 14.8 Å². The van der Waals surface area contributed by atoms with E-state index in [9.17, 15) is 13.2 Å². The van der Waals surface area contributed by atoms with E-state index < -0.39 is 10.0 Å². The fourth-order valence-corrected chi connectivity index (χ4v) is 4.62. The molecular formula is C16H25N3O4S. The summed E-state index contributed by atoms with van der Waals surface area (Å²) >= 11 is 0. The number of benzene rings is 1. The molecule has 134 valence electrons. The van der Waals surface area contributed by atoms with Gasteiger partial charge in [-0.1, -0.05) is 0 Å². The van der Waals surface area contributed by atoms with Gasteiger partial charge in [0.2, 0.25) is 15.9 Å². The number of nitrogens with zero attached hydrogens (tertiary/aromatic N) is 1. The van der Waals surface area contributed by atoms with Gasteiger partial charge < -0.3 is 15.8 Å². The normalized spacial score (nSPS) is 19.0. The van der Waals surface area contributed by atoms with Crippen LogP contribution in [0.15, 0.2) is 23.1 Å². The molecule has 8 heteroatoms. The number of piperidine rings is 1. The summed E-state index contributed by atoms with van der Waals surface area (Å²) in [7, 11) is -2.09. The standard InChI is InChI=1S/C16H25N3O4S/c1-12-10-14(23-2)5-6-15(12)24(21,22)19-9-3-4-13(11-19)16(20)18-8-7-17/h5-6,10,13H,3-4,7-9,11,17H2,1-2H3,(H,18,20). The molecule has 0 radical (unpaired) electrons. The van der Waals surface area contributed by atoms with Crippen LogP contribution < -0.4 is 15.8 Å². The van der Waals surface area contributed by atoms with Crippen molar-refractivity contribution >= 4 is 15.9 Å². The first-order chi connectivity index (χ1) is 11.4. The second-order valence-corrected chi connectivity index (χ2v) is 7.82. The smallest absolute Gasteiger partial charge is 0.243 e. The number of carbonyl (C=O) groups excluding carboxylic acids is 1. The Labute approximate surface area is 143 Å². The van der Waals surface area contributed by atoms with Crippen molar-refractivity contribution < 1.29 is 17.9 Å². The highest BCUT2D eigenvalue weighted by Gasteiger charge is 2.33. The molecular weight excluding hydrogens is 330 g/mol. The average Bonchev–Trinajstić information content (AvgIpc) is 2.59. The van der Waals surface area contributed by atoms with Crippen LogP contribution in [0.2, 0.25) is 0 Å². The molecule has 1 saturated heterocycles. The molecule has 24 heavy (non-hydrogen) atoms. The van der Waals surface area contributed by atoms with E-state index in [1.54, 1.807) is 25.1 Å². The zero-order valence-corrected chi connectivity index (χ0v) is 14.9. The first kappa shape index (κ1) is 18.7. The topological polar surface area (TPSA) is 102 Å². The van der Waals surface area contributed by atoms with Gasteiger partial charge in [0, 0.05) is 26.2 Å². The van der Waals surface area contributed by atoms with Crippen molar-refractivity contribution in [3.8, 4) is 5.75 Å². The van der Waals surface area contributed by atoms with E-state index in [0.717, 1.165) is 0 Å². The van der Waals surface area contributed by atoms with Crippen molar-refractivity contribution in [2.75, 3.05) is 33.3 Å². The third-order valence-electron chi connectivity index (χ3n) is 4.20. The Kier molecular flexibility index (Phi) is 6.20. The van der Waals surface area contributed by atoms with Crippen LogP contribution in [0.4, 0.5) is 0 Å². The van der Waals surface area contributed by atoms with Crippen molar-refractivity contribution in [1.82, 2.24) is 9.62 Å². The first-order valence-electron chi connectivity index (χ1n) is 8.02. The van der Waals surface area contributed by atoms with Crippen LogP contribution >= 0.6 is 0 Å². The molecule has 1 unspecified atom stereocenters. The zero-order chi connectivity index (χ0) is 17.7. The monoisotopic (exact) mass is 355 g/mol. The summed E-state index contributed by atoms with van der Waals surface area (Å²) in [5.41, 5.74) is 6.02. The highest BCUT2D eigenvalue weighted by Crippen LogP contribution is 2.27. The molecule has 3 N–H and O–H groups in total. The quantitative estimate of drug-likeness (QED) is 0.773. The Morgan fingerprint density at radius 1 is 1.46 bits per heavy atom. The predicted octanol–water partition coefficient (Wildman–Crippen LogP) is 0.479. The fraction of sp³-hybridized carbons (Fsp3) is 0.562. The number of methoxy groups -OCH3 is 1. The van der Waals surface area contributed by atoms with Crippen LogP contribution in [0.1, 0.15) is 18.4 Å². The van der Waals surface area contributed by atoms with Gasteiger partial charge in [-0.25, -0.2) is 8.42 Å². The lowest BCUT2D eigenvalue weighted by atomic mass is 9.99. The van der Waals surface area contributed by atoms with Gasteiger partial charge in [0.05, 0.1) is 17.9 Å². The minimum atomic E-state index is -3.63. The molecule has 0 spiro atoms. The molecule has 1 aliphatic heterocycles. The second-order valence-electron chi connectivity index (χ2n) is 5.91. The molecule has 0 bridgehead atoms. The number of nitrogens with one attached hydrogen (secondary N) is 1. The van der Waals surface area contributed by atoms with E-state index in [2.05, 4.69) is 5.32 Å². The Bertz CT molecular complexity index is 691. The Hall–Kier alpha value is -1.64. The number of sulfonamides is 1. The van der Waals surface area contributed by atoms with Crippen LogP contribution in [0.5, 0.6) is 5.75 Å². The third kappa shape index (κ3) is 4.06. The summed E-state index contributed by atoms with van der Waals surface area (Å²) < 4.78 is 32.4. The summed E-state index contributed by atoms with van der Waals surface area (Å²) in [6, 6.07) is 4.89. The minimum Gasteiger partial charge on any atom is -0.497 e. The summed E-state index contributed by atoms with van der Waals surface area (Å²) in [5, 5.41) is 2.74. The molecule has 0 aromatic heterocycles. The lowest BCUT2D eigenvalue weighted by molar-refractivity contribution is -0.126. The van der Waals surface area contributed by atoms with Gasteiger partial charge in [-0.05, 0) is 43.5 Å². The second kappa shape index (κ2) is 7.96. The van der Waals surface area contributed by atoms with E-state index in [0.29, 0.717) is 43.8 Å². The molecule has 1 atom stereocenters. The summed E-state index contributed by atoms with van der Waals surface area (Å²) in [6.45, 7) is 3.13. The molecule has 1 amide bonds. The number of nitrogens with two attached hydrogens (primary N) is 1. The van der Waals surface area contributed by atoms with Gasteiger partial charge in [-0.3, -0.25) is 4.79 Å². The molecule has 2 rings (SSSR count). The van der Waals surface area contributed by atoms with Crippen molar-refractivity contribution in [2.24, 2.45) is 11.7 Å². The maximum Gasteiger partial charge on any atom is 0.243 e. The van der Waals surface area contributed by atoms with Crippen molar-refractivity contribution in [1.29, 1.82) is 0 Å². The van der Waals surface area contributed by atoms with Crippen LogP contribution in [-0.4, -0.2) is 51.9 Å². The maximum atomic E-state index is 12.9. The number of hydrogen-bond donors (Lipinski definition) is 2. The van der Waals surface area contributed by atoms with Gasteiger partial charge in [0.1, 0.15) is 5.75 Å². The molecule has 0 aliphatic carbocycles. The number of amides is 1. The molecule has 1 fully saturated rings. The summed E-state index contributed by atoms with van der Waals surface area (Å²) in [6.07, 6.45) is 1.35. The molecule has 1 heterocycles. The first-order valence-corrected chi connectivity index (χ1v) is 9.46. The minimum absolute atomic E-state index is 0.133. The predicted molar refractivity (Wildman–Crippen MR) is 91.3 cm³/mol. The third-order valence-corrected chi connectivity index (χ3v) is 6.22. The van der Waals surface area contributed by atoms with E-state index in [1.807, 2.05) is 0 Å². The highest BCUT2D eigenvalue weighted by atomic mass is 32.2. The van der Waals surface area contributed by atoms with E-state index in [-0.39, 0.29) is 23.3 Å². The van der Waals surface area contributed by atoms with Crippen LogP contribution in [0, 0.1) is 12.8 Å². The van der Waals surface area contributed by atoms with Crippen molar-refractivity contribution in [3.63, 3.8) is 0 Å². The molecule has 1 aliphatic rings. The van der Waals surface area contributed by atoms with Crippen LogP contribution in [0.3, 0.4) is 0 Å². The zero-order valence-electron chi connectivity index (χ0n) is 14.1. The maximum absolute atomic E-state index is 12.9. The van der Waals surface area contributed by atoms with Gasteiger partial charge in [0.15, 0.2) is 0 Å². The Morgan fingerprint density at radius 3 is 2.83 bits per heavy atom. The van der Waals surface area contributed by atoms with E-state index in [4.69, 9.17) is 10.5 Å². The molecule has 1 aromatic carbocycles. The van der Waals surface area contributed by atoms with E-state index >= 15 is 0 Å². The van der Waals surface area contributed by atoms with Gasteiger partial charge in [-0.2, -0.15) is 4.31 Å². The SMILES string of the molecule is COc1ccc(S(=O)(=O)N2CCCC(C(=O)NCCN)C2)c(C)c1. The summed E-state index contributed by atoms with van der Waals surface area (Å²) in [4.78, 5) is 12.4. The number of rotatable bonds is 6. The Balaban J connectivity index is 2.18. The van der Waals surface area contributed by atoms with Gasteiger partial charge in [0.25, 0.3) is 0 Å². The number of aryl methyl sites for hydroxylation is 1. The fourth-order valence-electron chi connectivity index (χ4n) is 2.89. The van der Waals surface area contributed by atoms with Crippen LogP contribution in [0.25, 0.3) is 0 Å². The summed E-state index contributed by atoms with van der Waals surface area (Å²) in [5.74, 6) is 0.148. The lowest BCUT2D eigenvalue weighted by Crippen LogP contribution is -2.46. The highest BCUT2D eigenvalue weighted by molar-refractivity contribution is 7.89. The van der Waals surface area contributed by atoms with Gasteiger partial charge >= 0.3 is 0 Å². The number of hydrogen-bond acceptors (Lipinski definition) is 5. The van der Waals surface area contributed by atoms with Crippen molar-refractivity contribution in [2.45, 2.75) is 24.7 Å². The number of ether oxygens (including phenoxy) is 1. The molecule has 1 aromatic rings. The molecule has 0 saturated carbocycles. The Morgan fingerprint density at radius 2 is 2.21 bits per heavy atom.